The largest absolute Gasteiger partial charge is 0.497 e. The number of hydrogen-bond acceptors (Lipinski definition) is 5. The number of carbonyl (C=O) groups is 2. The molecule has 3 fully saturated rings. The Balaban J connectivity index is 1.48. The van der Waals surface area contributed by atoms with Crippen molar-refractivity contribution in [3.8, 4) is 5.75 Å². The van der Waals surface area contributed by atoms with Crippen molar-refractivity contribution in [1.82, 2.24) is 10.2 Å². The Hall–Kier alpha value is -2.86. The fourth-order valence-electron chi connectivity index (χ4n) is 6.33. The van der Waals surface area contributed by atoms with Crippen LogP contribution in [0.5, 0.6) is 5.75 Å². The lowest BCUT2D eigenvalue weighted by molar-refractivity contribution is -0.157. The predicted octanol–water partition coefficient (Wildman–Crippen LogP) is 4.19. The van der Waals surface area contributed by atoms with Crippen molar-refractivity contribution in [1.29, 1.82) is 0 Å². The second-order valence-corrected chi connectivity index (χ2v) is 10.6. The van der Waals surface area contributed by atoms with Gasteiger partial charge < -0.3 is 19.7 Å². The number of nitrogens with zero attached hydrogens (tertiary/aromatic N) is 1. The molecule has 0 aromatic heterocycles. The van der Waals surface area contributed by atoms with Crippen molar-refractivity contribution in [2.75, 3.05) is 26.7 Å². The lowest BCUT2D eigenvalue weighted by atomic mass is 9.56. The number of amides is 1. The number of rotatable bonds is 7. The monoisotopic (exact) mass is 476 g/mol. The number of piperidine rings is 1. The van der Waals surface area contributed by atoms with Crippen LogP contribution in [0, 0.1) is 11.8 Å². The number of likely N-dealkylation sites (tertiary alicyclic amines) is 1. The molecule has 2 saturated carbocycles. The molecule has 1 heterocycles. The smallest absolute Gasteiger partial charge is 0.302 e. The highest BCUT2D eigenvalue weighted by molar-refractivity contribution is 5.94. The van der Waals surface area contributed by atoms with Gasteiger partial charge in [0.2, 0.25) is 0 Å². The van der Waals surface area contributed by atoms with Gasteiger partial charge in [-0.1, -0.05) is 30.3 Å². The molecule has 6 heteroatoms. The minimum Gasteiger partial charge on any atom is -0.497 e. The van der Waals surface area contributed by atoms with E-state index in [1.165, 1.54) is 25.3 Å². The molecule has 1 aliphatic heterocycles. The number of benzene rings is 2. The first-order chi connectivity index (χ1) is 17.0. The van der Waals surface area contributed by atoms with Crippen molar-refractivity contribution in [3.63, 3.8) is 0 Å². The molecule has 6 nitrogen and oxygen atoms in total. The van der Waals surface area contributed by atoms with E-state index >= 15 is 0 Å². The van der Waals surface area contributed by atoms with Gasteiger partial charge in [-0.2, -0.15) is 0 Å². The maximum atomic E-state index is 13.1. The molecular formula is C29H36N2O4. The average Bonchev–Trinajstić information content (AvgIpc) is 3.68. The van der Waals surface area contributed by atoms with Gasteiger partial charge in [-0.3, -0.25) is 9.59 Å². The van der Waals surface area contributed by atoms with E-state index in [0.29, 0.717) is 12.0 Å². The number of ether oxygens (including phenoxy) is 2. The molecular weight excluding hydrogens is 440 g/mol. The summed E-state index contributed by atoms with van der Waals surface area (Å²) in [5, 5.41) is 3.27. The van der Waals surface area contributed by atoms with Gasteiger partial charge in [-0.05, 0) is 68.0 Å². The van der Waals surface area contributed by atoms with Crippen LogP contribution in [-0.4, -0.2) is 55.7 Å². The van der Waals surface area contributed by atoms with Crippen LogP contribution in [0.15, 0.2) is 54.6 Å². The first-order valence-corrected chi connectivity index (χ1v) is 12.9. The molecule has 4 atom stereocenters. The molecule has 0 radical (unpaired) electrons. The van der Waals surface area contributed by atoms with E-state index in [-0.39, 0.29) is 35.4 Å². The number of hydrogen-bond donors (Lipinski definition) is 1. The Morgan fingerprint density at radius 2 is 1.91 bits per heavy atom. The fraction of sp³-hybridized carbons (Fsp3) is 0.517. The molecule has 2 aromatic rings. The van der Waals surface area contributed by atoms with Crippen LogP contribution < -0.4 is 10.1 Å². The Morgan fingerprint density at radius 1 is 1.11 bits per heavy atom. The predicted molar refractivity (Wildman–Crippen MR) is 134 cm³/mol. The Labute approximate surface area is 208 Å². The maximum absolute atomic E-state index is 13.1. The lowest BCUT2D eigenvalue weighted by Gasteiger charge is -2.55. The molecule has 1 amide bonds. The highest BCUT2D eigenvalue weighted by Crippen LogP contribution is 2.51. The Kier molecular flexibility index (Phi) is 6.83. The molecule has 5 rings (SSSR count). The van der Waals surface area contributed by atoms with Crippen LogP contribution in [0.2, 0.25) is 0 Å². The van der Waals surface area contributed by atoms with Gasteiger partial charge in [-0.15, -0.1) is 0 Å². The van der Waals surface area contributed by atoms with E-state index in [1.54, 1.807) is 7.11 Å². The van der Waals surface area contributed by atoms with E-state index in [9.17, 15) is 9.59 Å². The standard InChI is InChI=1S/C29H36N2O4/c1-20(32)35-27-16-24(30-28(33)22-7-4-3-5-8-22)17-29(23-9-6-10-25(15-23)34-2)13-14-31(19-26(27)29)18-21-11-12-21/h3-10,15,21,24,26-27H,11-14,16-19H2,1-2H3,(H,30,33)/t24-,26-,27?,29-/m0/s1. The first kappa shape index (κ1) is 23.9. The van der Waals surface area contributed by atoms with E-state index in [1.807, 2.05) is 42.5 Å². The lowest BCUT2D eigenvalue weighted by Crippen LogP contribution is -2.61. The summed E-state index contributed by atoms with van der Waals surface area (Å²) in [4.78, 5) is 27.9. The number of esters is 1. The average molecular weight is 477 g/mol. The molecule has 35 heavy (non-hydrogen) atoms. The molecule has 1 unspecified atom stereocenters. The first-order valence-electron chi connectivity index (χ1n) is 12.9. The molecule has 2 aliphatic carbocycles. The van der Waals surface area contributed by atoms with Crippen LogP contribution >= 0.6 is 0 Å². The summed E-state index contributed by atoms with van der Waals surface area (Å²) in [6, 6.07) is 17.6. The van der Waals surface area contributed by atoms with Crippen molar-refractivity contribution < 1.29 is 19.1 Å². The van der Waals surface area contributed by atoms with Crippen molar-refractivity contribution in [2.45, 2.75) is 56.6 Å². The third-order valence-electron chi connectivity index (χ3n) is 8.16. The van der Waals surface area contributed by atoms with E-state index in [2.05, 4.69) is 22.3 Å². The summed E-state index contributed by atoms with van der Waals surface area (Å²) >= 11 is 0. The van der Waals surface area contributed by atoms with Crippen molar-refractivity contribution >= 4 is 11.9 Å². The SMILES string of the molecule is COc1cccc([C@@]23CCN(CC4CC4)C[C@H]2C(OC(C)=O)C[C@H](NC(=O)c2ccccc2)C3)c1. The zero-order chi connectivity index (χ0) is 24.4. The molecule has 0 spiro atoms. The van der Waals surface area contributed by atoms with Crippen molar-refractivity contribution in [2.24, 2.45) is 11.8 Å². The van der Waals surface area contributed by atoms with E-state index in [4.69, 9.17) is 9.47 Å². The van der Waals surface area contributed by atoms with Crippen LogP contribution in [0.4, 0.5) is 0 Å². The second kappa shape index (κ2) is 10.0. The molecule has 3 aliphatic rings. The normalized spacial score (nSPS) is 28.6. The van der Waals surface area contributed by atoms with Gasteiger partial charge in [0.1, 0.15) is 11.9 Å². The molecule has 0 bridgehead atoms. The fourth-order valence-corrected chi connectivity index (χ4v) is 6.33. The molecule has 1 N–H and O–H groups in total. The Bertz CT molecular complexity index is 1050. The minimum atomic E-state index is -0.260. The molecule has 2 aromatic carbocycles. The van der Waals surface area contributed by atoms with Crippen LogP contribution in [0.3, 0.4) is 0 Å². The highest BCUT2D eigenvalue weighted by Gasteiger charge is 2.54. The second-order valence-electron chi connectivity index (χ2n) is 10.6. The third-order valence-corrected chi connectivity index (χ3v) is 8.16. The third kappa shape index (κ3) is 5.22. The van der Waals surface area contributed by atoms with Gasteiger partial charge in [-0.25, -0.2) is 0 Å². The van der Waals surface area contributed by atoms with Gasteiger partial charge in [0.15, 0.2) is 0 Å². The van der Waals surface area contributed by atoms with Gasteiger partial charge >= 0.3 is 5.97 Å². The molecule has 1 saturated heterocycles. The van der Waals surface area contributed by atoms with Gasteiger partial charge in [0.05, 0.1) is 7.11 Å². The van der Waals surface area contributed by atoms with Gasteiger partial charge in [0, 0.05) is 49.4 Å². The number of carbonyl (C=O) groups excluding carboxylic acids is 2. The maximum Gasteiger partial charge on any atom is 0.302 e. The summed E-state index contributed by atoms with van der Waals surface area (Å²) in [5.74, 6) is 1.46. The quantitative estimate of drug-likeness (QED) is 0.607. The zero-order valence-corrected chi connectivity index (χ0v) is 20.7. The van der Waals surface area contributed by atoms with Gasteiger partial charge in [0.25, 0.3) is 5.91 Å². The summed E-state index contributed by atoms with van der Waals surface area (Å²) in [7, 11) is 1.69. The summed E-state index contributed by atoms with van der Waals surface area (Å²) < 4.78 is 11.6. The highest BCUT2D eigenvalue weighted by atomic mass is 16.5. The van der Waals surface area contributed by atoms with Crippen LogP contribution in [-0.2, 0) is 14.9 Å². The van der Waals surface area contributed by atoms with Crippen molar-refractivity contribution in [3.05, 3.63) is 65.7 Å². The molecule has 186 valence electrons. The topological polar surface area (TPSA) is 67.9 Å². The summed E-state index contributed by atoms with van der Waals surface area (Å²) in [6.45, 7) is 4.54. The Morgan fingerprint density at radius 3 is 2.63 bits per heavy atom. The van der Waals surface area contributed by atoms with Crippen LogP contribution in [0.1, 0.15) is 54.9 Å². The van der Waals surface area contributed by atoms with E-state index < -0.39 is 0 Å². The zero-order valence-electron chi connectivity index (χ0n) is 20.7. The summed E-state index contributed by atoms with van der Waals surface area (Å²) in [6.07, 6.45) is 4.80. The number of methoxy groups -OCH3 is 1. The van der Waals surface area contributed by atoms with E-state index in [0.717, 1.165) is 44.1 Å². The number of fused-ring (bicyclic) bond motifs is 1. The summed E-state index contributed by atoms with van der Waals surface area (Å²) in [5.41, 5.74) is 1.65. The van der Waals surface area contributed by atoms with Crippen LogP contribution in [0.25, 0.3) is 0 Å². The minimum absolute atomic E-state index is 0.0809. The number of nitrogens with one attached hydrogen (secondary N) is 1.